The molecule has 1 unspecified atom stereocenters. The summed E-state index contributed by atoms with van der Waals surface area (Å²) in [6, 6.07) is 4.12. The lowest BCUT2D eigenvalue weighted by molar-refractivity contribution is 0.189. The van der Waals surface area contributed by atoms with Crippen molar-refractivity contribution in [3.8, 4) is 11.4 Å². The first kappa shape index (κ1) is 15.0. The van der Waals surface area contributed by atoms with Gasteiger partial charge in [0.1, 0.15) is 5.82 Å². The molecule has 2 aromatic heterocycles. The molecule has 3 rings (SSSR count). The van der Waals surface area contributed by atoms with Crippen LogP contribution in [0.2, 0.25) is 0 Å². The van der Waals surface area contributed by atoms with Crippen molar-refractivity contribution in [1.82, 2.24) is 20.0 Å². The molecule has 0 amide bonds. The number of aromatic nitrogens is 3. The largest absolute Gasteiger partial charge is 0.373 e. The lowest BCUT2D eigenvalue weighted by Gasteiger charge is -2.23. The second kappa shape index (κ2) is 6.44. The minimum atomic E-state index is 0.258. The Kier molecular flexibility index (Phi) is 4.38. The second-order valence-electron chi connectivity index (χ2n) is 6.19. The highest BCUT2D eigenvalue weighted by Crippen LogP contribution is 2.32. The third kappa shape index (κ3) is 3.11. The molecule has 6 nitrogen and oxygen atoms in total. The van der Waals surface area contributed by atoms with E-state index in [9.17, 15) is 0 Å². The van der Waals surface area contributed by atoms with Crippen LogP contribution in [0.1, 0.15) is 38.6 Å². The van der Waals surface area contributed by atoms with Gasteiger partial charge in [0.05, 0.1) is 6.04 Å². The molecule has 0 saturated carbocycles. The van der Waals surface area contributed by atoms with E-state index in [0.29, 0.717) is 11.7 Å². The van der Waals surface area contributed by atoms with Crippen molar-refractivity contribution in [3.05, 3.63) is 24.2 Å². The number of hydrogen-bond acceptors (Lipinski definition) is 6. The molecule has 1 atom stereocenters. The van der Waals surface area contributed by atoms with E-state index in [-0.39, 0.29) is 6.04 Å². The molecular weight excluding hydrogens is 278 g/mol. The average molecular weight is 301 g/mol. The van der Waals surface area contributed by atoms with Gasteiger partial charge >= 0.3 is 0 Å². The smallest absolute Gasteiger partial charge is 0.244 e. The van der Waals surface area contributed by atoms with Crippen molar-refractivity contribution < 1.29 is 4.52 Å². The summed E-state index contributed by atoms with van der Waals surface area (Å²) in [5.41, 5.74) is 0.877. The van der Waals surface area contributed by atoms with E-state index in [1.54, 1.807) is 6.20 Å². The van der Waals surface area contributed by atoms with Crippen LogP contribution in [0.5, 0.6) is 0 Å². The summed E-state index contributed by atoms with van der Waals surface area (Å²) in [6.45, 7) is 6.66. The maximum absolute atomic E-state index is 5.53. The number of nitrogens with one attached hydrogen (secondary N) is 1. The van der Waals surface area contributed by atoms with Gasteiger partial charge in [-0.2, -0.15) is 4.98 Å². The van der Waals surface area contributed by atoms with Crippen LogP contribution in [0, 0.1) is 5.92 Å². The molecule has 1 N–H and O–H groups in total. The van der Waals surface area contributed by atoms with E-state index in [4.69, 9.17) is 4.52 Å². The molecule has 0 aromatic carbocycles. The van der Waals surface area contributed by atoms with Crippen LogP contribution in [-0.2, 0) is 0 Å². The lowest BCUT2D eigenvalue weighted by atomic mass is 10.1. The van der Waals surface area contributed by atoms with Gasteiger partial charge in [-0.3, -0.25) is 4.90 Å². The summed E-state index contributed by atoms with van der Waals surface area (Å²) in [6.07, 6.45) is 4.04. The van der Waals surface area contributed by atoms with Gasteiger partial charge in [0, 0.05) is 25.4 Å². The van der Waals surface area contributed by atoms with E-state index < -0.39 is 0 Å². The van der Waals surface area contributed by atoms with E-state index in [2.05, 4.69) is 39.2 Å². The predicted molar refractivity (Wildman–Crippen MR) is 85.5 cm³/mol. The molecule has 2 aromatic rings. The molecule has 1 aliphatic rings. The highest BCUT2D eigenvalue weighted by atomic mass is 16.5. The maximum atomic E-state index is 5.53. The molecule has 1 fully saturated rings. The fourth-order valence-corrected chi connectivity index (χ4v) is 2.96. The quantitative estimate of drug-likeness (QED) is 0.916. The Hall–Kier alpha value is -1.95. The standard InChI is InChI=1S/C16H23N5O/c1-11(2)10-21-8-4-5-13(21)16-19-15(20-22-16)12-6-7-14(17-3)18-9-12/h6-7,9,11,13H,4-5,8,10H2,1-3H3,(H,17,18). The summed E-state index contributed by atoms with van der Waals surface area (Å²) in [7, 11) is 1.85. The number of pyridine rings is 1. The monoisotopic (exact) mass is 301 g/mol. The zero-order valence-electron chi connectivity index (χ0n) is 13.4. The SMILES string of the molecule is CNc1ccc(-c2noc(C3CCCN3CC(C)C)n2)cn1. The Morgan fingerprint density at radius 3 is 2.95 bits per heavy atom. The van der Waals surface area contributed by atoms with Crippen molar-refractivity contribution >= 4 is 5.82 Å². The fourth-order valence-electron chi connectivity index (χ4n) is 2.96. The van der Waals surface area contributed by atoms with E-state index in [1.807, 2.05) is 19.2 Å². The molecule has 1 aliphatic heterocycles. The van der Waals surface area contributed by atoms with Gasteiger partial charge in [0.25, 0.3) is 0 Å². The normalized spacial score (nSPS) is 19.0. The molecule has 3 heterocycles. The van der Waals surface area contributed by atoms with Crippen LogP contribution in [0.25, 0.3) is 11.4 Å². The van der Waals surface area contributed by atoms with Gasteiger partial charge in [-0.05, 0) is 37.4 Å². The van der Waals surface area contributed by atoms with Crippen molar-refractivity contribution in [3.63, 3.8) is 0 Å². The zero-order chi connectivity index (χ0) is 15.5. The van der Waals surface area contributed by atoms with Crippen LogP contribution < -0.4 is 5.32 Å². The second-order valence-corrected chi connectivity index (χ2v) is 6.19. The van der Waals surface area contributed by atoms with Gasteiger partial charge in [-0.25, -0.2) is 4.98 Å². The molecule has 0 aliphatic carbocycles. The Morgan fingerprint density at radius 1 is 1.41 bits per heavy atom. The Labute approximate surface area is 130 Å². The molecule has 22 heavy (non-hydrogen) atoms. The first-order chi connectivity index (χ1) is 10.7. The summed E-state index contributed by atoms with van der Waals surface area (Å²) in [5, 5.41) is 7.12. The zero-order valence-corrected chi connectivity index (χ0v) is 13.4. The molecule has 6 heteroatoms. The van der Waals surface area contributed by atoms with Gasteiger partial charge in [0.15, 0.2) is 0 Å². The summed E-state index contributed by atoms with van der Waals surface area (Å²) in [4.78, 5) is 11.3. The summed E-state index contributed by atoms with van der Waals surface area (Å²) in [5.74, 6) is 2.81. The van der Waals surface area contributed by atoms with Crippen molar-refractivity contribution in [2.45, 2.75) is 32.7 Å². The van der Waals surface area contributed by atoms with Gasteiger partial charge in [0.2, 0.25) is 11.7 Å². The molecule has 118 valence electrons. The fraction of sp³-hybridized carbons (Fsp3) is 0.562. The van der Waals surface area contributed by atoms with Gasteiger partial charge in [-0.1, -0.05) is 19.0 Å². The number of nitrogens with zero attached hydrogens (tertiary/aromatic N) is 4. The molecule has 0 spiro atoms. The first-order valence-corrected chi connectivity index (χ1v) is 7.89. The predicted octanol–water partition coefficient (Wildman–Crippen LogP) is 2.97. The number of hydrogen-bond donors (Lipinski definition) is 1. The highest BCUT2D eigenvalue weighted by Gasteiger charge is 2.31. The summed E-state index contributed by atoms with van der Waals surface area (Å²) < 4.78 is 5.53. The number of likely N-dealkylation sites (tertiary alicyclic amines) is 1. The third-order valence-electron chi connectivity index (χ3n) is 3.97. The highest BCUT2D eigenvalue weighted by molar-refractivity contribution is 5.55. The Morgan fingerprint density at radius 2 is 2.27 bits per heavy atom. The summed E-state index contributed by atoms with van der Waals surface area (Å²) >= 11 is 0. The minimum absolute atomic E-state index is 0.258. The van der Waals surface area contributed by atoms with Crippen LogP contribution in [0.4, 0.5) is 5.82 Å². The van der Waals surface area contributed by atoms with Crippen molar-refractivity contribution in [1.29, 1.82) is 0 Å². The molecule has 0 radical (unpaired) electrons. The van der Waals surface area contributed by atoms with Crippen LogP contribution in [0.3, 0.4) is 0 Å². The van der Waals surface area contributed by atoms with E-state index >= 15 is 0 Å². The first-order valence-electron chi connectivity index (χ1n) is 7.89. The maximum Gasteiger partial charge on any atom is 0.244 e. The van der Waals surface area contributed by atoms with Crippen molar-refractivity contribution in [2.24, 2.45) is 5.92 Å². The van der Waals surface area contributed by atoms with Gasteiger partial charge < -0.3 is 9.84 Å². The Bertz CT molecular complexity index is 607. The topological polar surface area (TPSA) is 67.1 Å². The Balaban J connectivity index is 1.77. The van der Waals surface area contributed by atoms with Crippen molar-refractivity contribution in [2.75, 3.05) is 25.5 Å². The number of rotatable bonds is 5. The van der Waals surface area contributed by atoms with E-state index in [1.165, 1.54) is 6.42 Å². The minimum Gasteiger partial charge on any atom is -0.373 e. The van der Waals surface area contributed by atoms with E-state index in [0.717, 1.165) is 36.8 Å². The average Bonchev–Trinajstić information content (AvgIpc) is 3.15. The molecule has 0 bridgehead atoms. The van der Waals surface area contributed by atoms with Crippen LogP contribution >= 0.6 is 0 Å². The van der Waals surface area contributed by atoms with Crippen LogP contribution in [0.15, 0.2) is 22.9 Å². The van der Waals surface area contributed by atoms with Crippen LogP contribution in [-0.4, -0.2) is 40.2 Å². The lowest BCUT2D eigenvalue weighted by Crippen LogP contribution is -2.27. The molecular formula is C16H23N5O. The molecule has 1 saturated heterocycles. The van der Waals surface area contributed by atoms with Gasteiger partial charge in [-0.15, -0.1) is 0 Å². The third-order valence-corrected chi connectivity index (χ3v) is 3.97. The number of anilines is 1.